The van der Waals surface area contributed by atoms with Crippen molar-refractivity contribution in [3.05, 3.63) is 59.4 Å². The first-order chi connectivity index (χ1) is 15.4. The number of carboxylic acids is 2. The van der Waals surface area contributed by atoms with Gasteiger partial charge in [0.05, 0.1) is 16.9 Å². The lowest BCUT2D eigenvalue weighted by Gasteiger charge is -2.34. The number of amides is 1. The molecule has 11 heteroatoms. The summed E-state index contributed by atoms with van der Waals surface area (Å²) < 4.78 is 44.8. The summed E-state index contributed by atoms with van der Waals surface area (Å²) in [6.07, 6.45) is -2.88. The summed E-state index contributed by atoms with van der Waals surface area (Å²) in [5.74, 6) is -4.10. The first-order valence-electron chi connectivity index (χ1n) is 9.87. The van der Waals surface area contributed by atoms with E-state index in [-0.39, 0.29) is 5.56 Å². The normalized spacial score (nSPS) is 15.8. The van der Waals surface area contributed by atoms with Crippen LogP contribution in [0.3, 0.4) is 0 Å². The number of carboxylic acid groups (broad SMARTS) is 2. The van der Waals surface area contributed by atoms with Crippen LogP contribution in [0.4, 0.5) is 28.9 Å². The fraction of sp³-hybridized carbons (Fsp3) is 0.318. The highest BCUT2D eigenvalue weighted by Gasteiger charge is 2.38. The molecule has 1 unspecified atom stereocenters. The van der Waals surface area contributed by atoms with Crippen LogP contribution in [0.5, 0.6) is 0 Å². The molecule has 1 saturated heterocycles. The Morgan fingerprint density at radius 1 is 1.03 bits per heavy atom. The number of nitrogens with one attached hydrogen (secondary N) is 1. The van der Waals surface area contributed by atoms with Crippen molar-refractivity contribution in [3.8, 4) is 0 Å². The van der Waals surface area contributed by atoms with Crippen LogP contribution >= 0.6 is 0 Å². The minimum atomic E-state index is -5.08. The Labute approximate surface area is 186 Å². The molecule has 1 fully saturated rings. The van der Waals surface area contributed by atoms with Crippen molar-refractivity contribution in [3.63, 3.8) is 0 Å². The Morgan fingerprint density at radius 3 is 2.12 bits per heavy atom. The van der Waals surface area contributed by atoms with Gasteiger partial charge in [-0.2, -0.15) is 13.2 Å². The van der Waals surface area contributed by atoms with Crippen molar-refractivity contribution in [1.29, 1.82) is 0 Å². The van der Waals surface area contributed by atoms with Gasteiger partial charge in [0.2, 0.25) is 0 Å². The molecule has 0 spiro atoms. The lowest BCUT2D eigenvalue weighted by molar-refractivity contribution is -0.192. The number of halogens is 4. The lowest BCUT2D eigenvalue weighted by Crippen LogP contribution is -2.35. The Morgan fingerprint density at radius 2 is 1.61 bits per heavy atom. The van der Waals surface area contributed by atoms with Crippen LogP contribution in [0.1, 0.15) is 40.5 Å². The highest BCUT2D eigenvalue weighted by Crippen LogP contribution is 2.31. The Hall–Kier alpha value is -3.63. The van der Waals surface area contributed by atoms with Crippen LogP contribution < -0.4 is 10.2 Å². The van der Waals surface area contributed by atoms with Gasteiger partial charge in [0.25, 0.3) is 5.91 Å². The molecule has 2 aromatic rings. The summed E-state index contributed by atoms with van der Waals surface area (Å²) in [4.78, 5) is 34.9. The number of alkyl halides is 3. The van der Waals surface area contributed by atoms with E-state index in [1.54, 1.807) is 12.1 Å². The molecule has 0 saturated carbocycles. The quantitative estimate of drug-likeness (QED) is 0.562. The van der Waals surface area contributed by atoms with E-state index in [4.69, 9.17) is 9.90 Å². The third kappa shape index (κ3) is 7.48. The smallest absolute Gasteiger partial charge is 0.478 e. The van der Waals surface area contributed by atoms with Crippen molar-refractivity contribution in [2.75, 3.05) is 23.3 Å². The number of piperidine rings is 1. The number of anilines is 2. The van der Waals surface area contributed by atoms with Crippen molar-refractivity contribution < 1.29 is 42.2 Å². The molecule has 1 aliphatic rings. The van der Waals surface area contributed by atoms with Crippen molar-refractivity contribution in [1.82, 2.24) is 0 Å². The van der Waals surface area contributed by atoms with Gasteiger partial charge in [0.15, 0.2) is 0 Å². The van der Waals surface area contributed by atoms with Gasteiger partial charge >= 0.3 is 18.1 Å². The number of nitrogens with zero attached hydrogens (tertiary/aromatic N) is 1. The van der Waals surface area contributed by atoms with E-state index < -0.39 is 29.8 Å². The molecule has 7 nitrogen and oxygen atoms in total. The number of benzene rings is 2. The van der Waals surface area contributed by atoms with Crippen LogP contribution in [0, 0.1) is 11.7 Å². The zero-order valence-corrected chi connectivity index (χ0v) is 17.5. The third-order valence-electron chi connectivity index (χ3n) is 4.84. The fourth-order valence-electron chi connectivity index (χ4n) is 3.25. The lowest BCUT2D eigenvalue weighted by atomic mass is 9.99. The van der Waals surface area contributed by atoms with Gasteiger partial charge < -0.3 is 20.4 Å². The van der Waals surface area contributed by atoms with Crippen molar-refractivity contribution >= 4 is 29.2 Å². The summed E-state index contributed by atoms with van der Waals surface area (Å²) in [6.45, 7) is 3.89. The molecule has 3 N–H and O–H groups in total. The van der Waals surface area contributed by atoms with Crippen molar-refractivity contribution in [2.24, 2.45) is 5.92 Å². The van der Waals surface area contributed by atoms with Gasteiger partial charge in [-0.15, -0.1) is 0 Å². The van der Waals surface area contributed by atoms with E-state index in [1.165, 1.54) is 30.3 Å². The Bertz CT molecular complexity index is 1010. The van der Waals surface area contributed by atoms with Crippen LogP contribution in [0.15, 0.2) is 42.5 Å². The Kier molecular flexibility index (Phi) is 8.38. The molecule has 2 aromatic carbocycles. The minimum absolute atomic E-state index is 0.105. The second kappa shape index (κ2) is 10.8. The SMILES string of the molecule is CC1CCCN(c2ccc(C(=O)O)cc2NC(=O)c2ccc(F)cc2)C1.O=C(O)C(F)(F)F. The summed E-state index contributed by atoms with van der Waals surface area (Å²) >= 11 is 0. The van der Waals surface area contributed by atoms with Gasteiger partial charge in [0.1, 0.15) is 5.82 Å². The molecule has 0 bridgehead atoms. The zero-order valence-electron chi connectivity index (χ0n) is 17.5. The number of aliphatic carboxylic acids is 1. The van der Waals surface area contributed by atoms with E-state index in [9.17, 15) is 32.3 Å². The first-order valence-corrected chi connectivity index (χ1v) is 9.87. The third-order valence-corrected chi connectivity index (χ3v) is 4.84. The Balaban J connectivity index is 0.000000479. The minimum Gasteiger partial charge on any atom is -0.478 e. The van der Waals surface area contributed by atoms with E-state index in [2.05, 4.69) is 17.1 Å². The molecule has 0 aliphatic carbocycles. The second-order valence-corrected chi connectivity index (χ2v) is 7.49. The molecule has 33 heavy (non-hydrogen) atoms. The second-order valence-electron chi connectivity index (χ2n) is 7.49. The van der Waals surface area contributed by atoms with Gasteiger partial charge in [0, 0.05) is 18.7 Å². The van der Waals surface area contributed by atoms with Crippen LogP contribution in [-0.2, 0) is 4.79 Å². The number of aromatic carboxylic acids is 1. The summed E-state index contributed by atoms with van der Waals surface area (Å²) in [6, 6.07) is 9.99. The maximum atomic E-state index is 13.1. The van der Waals surface area contributed by atoms with Gasteiger partial charge in [-0.3, -0.25) is 4.79 Å². The monoisotopic (exact) mass is 470 g/mol. The van der Waals surface area contributed by atoms with Gasteiger partial charge in [-0.05, 0) is 61.2 Å². The zero-order chi connectivity index (χ0) is 24.8. The maximum Gasteiger partial charge on any atom is 0.490 e. The van der Waals surface area contributed by atoms with E-state index in [0.29, 0.717) is 17.2 Å². The van der Waals surface area contributed by atoms with E-state index in [1.807, 2.05) is 0 Å². The molecule has 0 radical (unpaired) electrons. The predicted molar refractivity (Wildman–Crippen MR) is 112 cm³/mol. The fourth-order valence-corrected chi connectivity index (χ4v) is 3.25. The van der Waals surface area contributed by atoms with Crippen molar-refractivity contribution in [2.45, 2.75) is 25.9 Å². The number of rotatable bonds is 4. The summed E-state index contributed by atoms with van der Waals surface area (Å²) in [7, 11) is 0. The molecule has 1 heterocycles. The highest BCUT2D eigenvalue weighted by atomic mass is 19.4. The van der Waals surface area contributed by atoms with Gasteiger partial charge in [-0.25, -0.2) is 14.0 Å². The van der Waals surface area contributed by atoms with Crippen LogP contribution in [-0.4, -0.2) is 47.3 Å². The molecular weight excluding hydrogens is 448 g/mol. The molecule has 178 valence electrons. The highest BCUT2D eigenvalue weighted by molar-refractivity contribution is 6.06. The summed E-state index contributed by atoms with van der Waals surface area (Å²) in [5.41, 5.74) is 1.67. The molecule has 1 amide bonds. The standard InChI is InChI=1S/C20H21FN2O3.C2HF3O2/c1-13-3-2-10-23(12-13)18-9-6-15(20(25)26)11-17(18)22-19(24)14-4-7-16(21)8-5-14;3-2(4,5)1(6)7/h4-9,11,13H,2-3,10,12H2,1H3,(H,22,24)(H,25,26);(H,6,7). The predicted octanol–water partition coefficient (Wildman–Crippen LogP) is 4.65. The largest absolute Gasteiger partial charge is 0.490 e. The molecular formula is C22H22F4N2O5. The number of hydrogen-bond acceptors (Lipinski definition) is 4. The average Bonchev–Trinajstić information content (AvgIpc) is 2.74. The molecule has 1 atom stereocenters. The van der Waals surface area contributed by atoms with Crippen LogP contribution in [0.25, 0.3) is 0 Å². The topological polar surface area (TPSA) is 107 Å². The van der Waals surface area contributed by atoms with Gasteiger partial charge in [-0.1, -0.05) is 6.92 Å². The first kappa shape index (κ1) is 25.6. The number of hydrogen-bond donors (Lipinski definition) is 3. The molecule has 3 rings (SSSR count). The molecule has 1 aliphatic heterocycles. The van der Waals surface area contributed by atoms with E-state index in [0.717, 1.165) is 31.6 Å². The average molecular weight is 470 g/mol. The maximum absolute atomic E-state index is 13.1. The molecule has 0 aromatic heterocycles. The van der Waals surface area contributed by atoms with Crippen LogP contribution in [0.2, 0.25) is 0 Å². The van der Waals surface area contributed by atoms with E-state index >= 15 is 0 Å². The number of carbonyl (C=O) groups excluding carboxylic acids is 1. The number of carbonyl (C=O) groups is 3. The summed E-state index contributed by atoms with van der Waals surface area (Å²) in [5, 5.41) is 19.2.